The number of para-hydroxylation sites is 1. The van der Waals surface area contributed by atoms with Crippen molar-refractivity contribution in [2.75, 3.05) is 5.75 Å². The SMILES string of the molecule is CC1C(CSc2nc3ccccc3s2)OC(c2ccc(-c3ccccc3CNC(=O)c3ccccc3)cc2)OC1c1ccc(CO)cc1. The van der Waals surface area contributed by atoms with Gasteiger partial charge in [-0.2, -0.15) is 0 Å². The molecule has 5 aromatic carbocycles. The highest BCUT2D eigenvalue weighted by molar-refractivity contribution is 8.01. The topological polar surface area (TPSA) is 80.7 Å². The molecule has 4 atom stereocenters. The summed E-state index contributed by atoms with van der Waals surface area (Å²) in [5.41, 5.74) is 7.67. The molecule has 1 aliphatic rings. The summed E-state index contributed by atoms with van der Waals surface area (Å²) in [6.07, 6.45) is -0.831. The van der Waals surface area contributed by atoms with Crippen LogP contribution in [-0.4, -0.2) is 27.9 Å². The number of carbonyl (C=O) groups excluding carboxylic acids is 1. The lowest BCUT2D eigenvalue weighted by Gasteiger charge is -2.41. The van der Waals surface area contributed by atoms with Crippen molar-refractivity contribution in [2.24, 2.45) is 5.92 Å². The minimum absolute atomic E-state index is 0.00337. The largest absolute Gasteiger partial charge is 0.392 e. The van der Waals surface area contributed by atoms with Crippen LogP contribution in [0.25, 0.3) is 21.3 Å². The van der Waals surface area contributed by atoms with Crippen LogP contribution in [0, 0.1) is 5.92 Å². The van der Waals surface area contributed by atoms with Crippen LogP contribution < -0.4 is 5.32 Å². The number of amides is 1. The number of thiazole rings is 1. The molecule has 1 fully saturated rings. The lowest BCUT2D eigenvalue weighted by Crippen LogP contribution is -2.38. The summed E-state index contributed by atoms with van der Waals surface area (Å²) in [6, 6.07) is 41.9. The van der Waals surface area contributed by atoms with Crippen molar-refractivity contribution in [3.05, 3.63) is 155 Å². The molecule has 1 aliphatic heterocycles. The van der Waals surface area contributed by atoms with E-state index in [-0.39, 0.29) is 30.6 Å². The number of benzene rings is 5. The standard InChI is InChI=1S/C40H36N2O4S2/c1-26-35(25-47-40-42-34-13-7-8-14-36(34)48-40)45-39(46-37(26)29-17-15-27(24-43)16-18-29)31-21-19-28(20-22-31)33-12-6-5-11-32(33)23-41-38(44)30-9-3-2-4-10-30/h2-22,26,35,37,39,43H,23-25H2,1H3,(H,41,44). The van der Waals surface area contributed by atoms with Gasteiger partial charge >= 0.3 is 0 Å². The zero-order valence-corrected chi connectivity index (χ0v) is 28.1. The van der Waals surface area contributed by atoms with Gasteiger partial charge in [0.25, 0.3) is 5.91 Å². The molecule has 4 unspecified atom stereocenters. The number of aromatic nitrogens is 1. The second-order valence-electron chi connectivity index (χ2n) is 11.9. The molecule has 242 valence electrons. The van der Waals surface area contributed by atoms with Gasteiger partial charge in [0, 0.05) is 29.3 Å². The smallest absolute Gasteiger partial charge is 0.251 e. The Balaban J connectivity index is 1.10. The van der Waals surface area contributed by atoms with E-state index in [0.717, 1.165) is 49.0 Å². The van der Waals surface area contributed by atoms with E-state index < -0.39 is 6.29 Å². The number of carbonyl (C=O) groups is 1. The third-order valence-corrected chi connectivity index (χ3v) is 11.0. The zero-order valence-electron chi connectivity index (χ0n) is 26.5. The molecule has 0 aliphatic carbocycles. The van der Waals surface area contributed by atoms with Crippen molar-refractivity contribution in [1.82, 2.24) is 10.3 Å². The Morgan fingerprint density at radius 1 is 0.833 bits per heavy atom. The Bertz CT molecular complexity index is 1950. The number of nitrogens with zero attached hydrogens (tertiary/aromatic N) is 1. The van der Waals surface area contributed by atoms with Crippen molar-refractivity contribution >= 4 is 39.2 Å². The van der Waals surface area contributed by atoms with Gasteiger partial charge in [-0.05, 0) is 52.1 Å². The maximum atomic E-state index is 12.7. The molecular formula is C40H36N2O4S2. The number of ether oxygens (including phenoxy) is 2. The van der Waals surface area contributed by atoms with E-state index in [0.29, 0.717) is 12.1 Å². The lowest BCUT2D eigenvalue weighted by molar-refractivity contribution is -0.268. The average Bonchev–Trinajstić information content (AvgIpc) is 3.57. The fourth-order valence-electron chi connectivity index (χ4n) is 6.02. The molecule has 2 N–H and O–H groups in total. The normalized spacial score (nSPS) is 19.3. The van der Waals surface area contributed by atoms with Crippen LogP contribution in [0.4, 0.5) is 0 Å². The van der Waals surface area contributed by atoms with Gasteiger partial charge in [-0.3, -0.25) is 4.79 Å². The number of nitrogens with one attached hydrogen (secondary N) is 1. The van der Waals surface area contributed by atoms with Crippen LogP contribution in [0.15, 0.2) is 132 Å². The number of hydrogen-bond donors (Lipinski definition) is 2. The molecule has 48 heavy (non-hydrogen) atoms. The van der Waals surface area contributed by atoms with Crippen molar-refractivity contribution in [3.63, 3.8) is 0 Å². The monoisotopic (exact) mass is 672 g/mol. The van der Waals surface area contributed by atoms with Gasteiger partial charge in [-0.25, -0.2) is 4.98 Å². The summed E-state index contributed by atoms with van der Waals surface area (Å²) in [7, 11) is 0. The number of aliphatic hydroxyl groups is 1. The zero-order chi connectivity index (χ0) is 32.9. The molecule has 1 saturated heterocycles. The van der Waals surface area contributed by atoms with Crippen LogP contribution in [0.3, 0.4) is 0 Å². The molecule has 8 heteroatoms. The fraction of sp³-hybridized carbons (Fsp3) is 0.200. The Kier molecular flexibility index (Phi) is 9.98. The highest BCUT2D eigenvalue weighted by atomic mass is 32.2. The molecular weight excluding hydrogens is 637 g/mol. The molecule has 6 aromatic rings. The van der Waals surface area contributed by atoms with E-state index in [4.69, 9.17) is 14.5 Å². The molecule has 6 nitrogen and oxygen atoms in total. The van der Waals surface area contributed by atoms with Gasteiger partial charge in [-0.15, -0.1) is 11.3 Å². The minimum atomic E-state index is -0.556. The van der Waals surface area contributed by atoms with Crippen LogP contribution in [0.2, 0.25) is 0 Å². The third kappa shape index (κ3) is 7.23. The maximum absolute atomic E-state index is 12.7. The summed E-state index contributed by atoms with van der Waals surface area (Å²) < 4.78 is 15.6. The van der Waals surface area contributed by atoms with Crippen LogP contribution in [-0.2, 0) is 22.6 Å². The molecule has 2 heterocycles. The van der Waals surface area contributed by atoms with Crippen molar-refractivity contribution < 1.29 is 19.4 Å². The molecule has 0 bridgehead atoms. The summed E-state index contributed by atoms with van der Waals surface area (Å²) >= 11 is 3.44. The second kappa shape index (κ2) is 14.8. The average molecular weight is 673 g/mol. The molecule has 7 rings (SSSR count). The van der Waals surface area contributed by atoms with E-state index >= 15 is 0 Å². The Morgan fingerprint density at radius 3 is 2.31 bits per heavy atom. The summed E-state index contributed by atoms with van der Waals surface area (Å²) in [6.45, 7) is 2.60. The molecule has 1 aromatic heterocycles. The second-order valence-corrected chi connectivity index (χ2v) is 14.2. The first-order valence-corrected chi connectivity index (χ1v) is 17.9. The van der Waals surface area contributed by atoms with Crippen LogP contribution in [0.5, 0.6) is 0 Å². The number of aliphatic hydroxyl groups excluding tert-OH is 1. The predicted molar refractivity (Wildman–Crippen MR) is 193 cm³/mol. The third-order valence-electron chi connectivity index (χ3n) is 8.76. The number of hydrogen-bond acceptors (Lipinski definition) is 7. The minimum Gasteiger partial charge on any atom is -0.392 e. The van der Waals surface area contributed by atoms with Gasteiger partial charge in [0.15, 0.2) is 10.6 Å². The molecule has 0 spiro atoms. The summed E-state index contributed by atoms with van der Waals surface area (Å²) in [5.74, 6) is 0.727. The van der Waals surface area contributed by atoms with Gasteiger partial charge < -0.3 is 19.9 Å². The number of rotatable bonds is 10. The summed E-state index contributed by atoms with van der Waals surface area (Å²) in [5, 5.41) is 12.7. The van der Waals surface area contributed by atoms with Gasteiger partial charge in [0.1, 0.15) is 0 Å². The van der Waals surface area contributed by atoms with E-state index in [1.807, 2.05) is 84.9 Å². The summed E-state index contributed by atoms with van der Waals surface area (Å²) in [4.78, 5) is 17.5. The Labute approximate surface area is 288 Å². The van der Waals surface area contributed by atoms with Crippen LogP contribution >= 0.6 is 23.1 Å². The highest BCUT2D eigenvalue weighted by Gasteiger charge is 2.38. The number of thioether (sulfide) groups is 1. The van der Waals surface area contributed by atoms with Crippen molar-refractivity contribution in [1.29, 1.82) is 0 Å². The predicted octanol–water partition coefficient (Wildman–Crippen LogP) is 8.97. The first kappa shape index (κ1) is 32.2. The van der Waals surface area contributed by atoms with Crippen molar-refractivity contribution in [2.45, 2.75) is 42.9 Å². The molecule has 0 saturated carbocycles. The Morgan fingerprint density at radius 2 is 1.54 bits per heavy atom. The molecule has 1 amide bonds. The first-order chi connectivity index (χ1) is 23.6. The number of fused-ring (bicyclic) bond motifs is 1. The van der Waals surface area contributed by atoms with E-state index in [1.165, 1.54) is 4.70 Å². The van der Waals surface area contributed by atoms with Crippen molar-refractivity contribution in [3.8, 4) is 11.1 Å². The lowest BCUT2D eigenvalue weighted by atomic mass is 9.91. The van der Waals surface area contributed by atoms with Crippen LogP contribution in [0.1, 0.15) is 51.9 Å². The van der Waals surface area contributed by atoms with Gasteiger partial charge in [0.2, 0.25) is 0 Å². The Hall–Kier alpha value is -4.31. The maximum Gasteiger partial charge on any atom is 0.251 e. The van der Waals surface area contributed by atoms with E-state index in [2.05, 4.69) is 54.7 Å². The highest BCUT2D eigenvalue weighted by Crippen LogP contribution is 2.44. The fourth-order valence-corrected chi connectivity index (χ4v) is 8.28. The first-order valence-electron chi connectivity index (χ1n) is 16.1. The van der Waals surface area contributed by atoms with E-state index in [9.17, 15) is 9.90 Å². The molecule has 0 radical (unpaired) electrons. The van der Waals surface area contributed by atoms with E-state index in [1.54, 1.807) is 23.1 Å². The quantitative estimate of drug-likeness (QED) is 0.142. The van der Waals surface area contributed by atoms with Gasteiger partial charge in [0.05, 0.1) is 29.0 Å². The van der Waals surface area contributed by atoms with Gasteiger partial charge in [-0.1, -0.05) is 122 Å².